The molecule has 6 unspecified atom stereocenters. The summed E-state index contributed by atoms with van der Waals surface area (Å²) in [6.07, 6.45) is 11.2. The molecule has 0 saturated carbocycles. The Bertz CT molecular complexity index is 1890. The van der Waals surface area contributed by atoms with Gasteiger partial charge in [0.05, 0.1) is 37.5 Å². The third kappa shape index (κ3) is 9.09. The van der Waals surface area contributed by atoms with Crippen LogP contribution in [0.1, 0.15) is 49.0 Å². The summed E-state index contributed by atoms with van der Waals surface area (Å²) in [6.45, 7) is 12.1. The van der Waals surface area contributed by atoms with Gasteiger partial charge in [0.2, 0.25) is 0 Å². The number of hydrogen-bond acceptors (Lipinski definition) is 10. The van der Waals surface area contributed by atoms with Crippen molar-refractivity contribution in [3.8, 4) is 11.5 Å². The molecule has 13 nitrogen and oxygen atoms in total. The fraction of sp³-hybridized carbons (Fsp3) is 0.450. The first-order valence-corrected chi connectivity index (χ1v) is 19.5. The molecule has 292 valence electrons. The van der Waals surface area contributed by atoms with E-state index in [1.54, 1.807) is 26.6 Å². The number of piperidine rings is 6. The predicted molar refractivity (Wildman–Crippen MR) is 208 cm³/mol. The monoisotopic (exact) mass is 764 g/mol. The fourth-order valence-electron chi connectivity index (χ4n) is 8.89. The number of benzene rings is 2. The summed E-state index contributed by atoms with van der Waals surface area (Å²) >= 11 is 0. The maximum atomic E-state index is 11.2. The zero-order valence-electron chi connectivity index (χ0n) is 30.7. The van der Waals surface area contributed by atoms with Gasteiger partial charge in [0.25, 0.3) is 0 Å². The standard InChI is InChI=1S/2C20H24N2O2.H2O4S.H2O/c2*1-3-13-12-22-9-7-14(13)10-19(22)20(23)16-6-8-21-18-5-4-15(24-2)11-17(16)18;1-5(2,3)4;/h2*3-6,8,11,13-14,19-20,23H,1,7,9-10,12H2,2H3;(H2,1,2,3,4);1H2/t2*13-,14?,19+,20?;;/m11../s1. The Morgan fingerprint density at radius 2 is 1.13 bits per heavy atom. The minimum absolute atomic E-state index is 0. The van der Waals surface area contributed by atoms with Crippen molar-refractivity contribution in [3.63, 3.8) is 0 Å². The van der Waals surface area contributed by atoms with Gasteiger partial charge in [-0.15, -0.1) is 13.2 Å². The number of ether oxygens (including phenoxy) is 2. The molecule has 0 spiro atoms. The van der Waals surface area contributed by atoms with E-state index in [1.165, 1.54) is 12.8 Å². The quantitative estimate of drug-likeness (QED) is 0.141. The average Bonchev–Trinajstić information content (AvgIpc) is 3.19. The number of rotatable bonds is 8. The van der Waals surface area contributed by atoms with Gasteiger partial charge < -0.3 is 25.2 Å². The molecule has 0 radical (unpaired) electrons. The number of pyridine rings is 2. The van der Waals surface area contributed by atoms with Gasteiger partial charge in [-0.25, -0.2) is 0 Å². The van der Waals surface area contributed by atoms with E-state index >= 15 is 0 Å². The SMILES string of the molecule is C=C[C@@H]1CN2CCC1C[C@H]2C(O)c1ccnc2ccc(OC)cc12.C=C[C@@H]1CN2CCC1C[C@H]2C(O)c1ccnc2ccc(OC)cc12.O.O=S(=O)(O)O. The van der Waals surface area contributed by atoms with Crippen LogP contribution in [0.15, 0.2) is 86.2 Å². The van der Waals surface area contributed by atoms with Crippen molar-refractivity contribution in [3.05, 3.63) is 97.4 Å². The molecule has 54 heavy (non-hydrogen) atoms. The van der Waals surface area contributed by atoms with Crippen LogP contribution < -0.4 is 9.47 Å². The van der Waals surface area contributed by atoms with Crippen LogP contribution in [0.4, 0.5) is 0 Å². The third-order valence-electron chi connectivity index (χ3n) is 11.6. The molecule has 10 atom stereocenters. The summed E-state index contributed by atoms with van der Waals surface area (Å²) in [5, 5.41) is 24.3. The van der Waals surface area contributed by atoms with Gasteiger partial charge in [0.15, 0.2) is 0 Å². The molecule has 4 aromatic rings. The van der Waals surface area contributed by atoms with Crippen LogP contribution in [0, 0.1) is 23.7 Å². The highest BCUT2D eigenvalue weighted by molar-refractivity contribution is 7.79. The lowest BCUT2D eigenvalue weighted by Crippen LogP contribution is -2.54. The number of nitrogens with zero attached hydrogens (tertiary/aromatic N) is 4. The van der Waals surface area contributed by atoms with Crippen molar-refractivity contribution in [1.82, 2.24) is 19.8 Å². The molecule has 2 aromatic carbocycles. The van der Waals surface area contributed by atoms with Gasteiger partial charge in [-0.2, -0.15) is 8.42 Å². The highest BCUT2D eigenvalue weighted by Gasteiger charge is 2.43. The molecule has 6 aliphatic rings. The Kier molecular flexibility index (Phi) is 13.5. The van der Waals surface area contributed by atoms with Crippen LogP contribution >= 0.6 is 0 Å². The van der Waals surface area contributed by atoms with Gasteiger partial charge in [0.1, 0.15) is 11.5 Å². The van der Waals surface area contributed by atoms with Crippen molar-refractivity contribution in [1.29, 1.82) is 0 Å². The van der Waals surface area contributed by atoms with Gasteiger partial charge in [-0.3, -0.25) is 28.9 Å². The second-order valence-electron chi connectivity index (χ2n) is 14.4. The zero-order chi connectivity index (χ0) is 37.9. The topological polar surface area (TPSA) is 197 Å². The summed E-state index contributed by atoms with van der Waals surface area (Å²) in [7, 11) is -1.34. The van der Waals surface area contributed by atoms with E-state index in [1.807, 2.05) is 48.5 Å². The van der Waals surface area contributed by atoms with Crippen LogP contribution in [0.2, 0.25) is 0 Å². The highest BCUT2D eigenvalue weighted by atomic mass is 32.3. The van der Waals surface area contributed by atoms with E-state index in [0.29, 0.717) is 23.7 Å². The zero-order valence-corrected chi connectivity index (χ0v) is 31.6. The first kappa shape index (κ1) is 41.2. The Hall–Kier alpha value is -3.99. The molecule has 6 fully saturated rings. The number of aliphatic hydroxyl groups is 2. The van der Waals surface area contributed by atoms with Gasteiger partial charge in [-0.05, 0) is 122 Å². The lowest BCUT2D eigenvalue weighted by molar-refractivity contribution is -0.0445. The molecule has 6 N–H and O–H groups in total. The first-order chi connectivity index (χ1) is 25.4. The predicted octanol–water partition coefficient (Wildman–Crippen LogP) is 4.87. The second-order valence-corrected chi connectivity index (χ2v) is 15.3. The number of hydrogen-bond donors (Lipinski definition) is 4. The summed E-state index contributed by atoms with van der Waals surface area (Å²) in [5.41, 5.74) is 3.69. The molecular weight excluding hydrogens is 713 g/mol. The van der Waals surface area contributed by atoms with Crippen LogP contribution in [0.3, 0.4) is 0 Å². The van der Waals surface area contributed by atoms with Gasteiger partial charge in [0, 0.05) is 48.3 Å². The van der Waals surface area contributed by atoms with E-state index in [9.17, 15) is 10.2 Å². The molecule has 14 heteroatoms. The van der Waals surface area contributed by atoms with Crippen molar-refractivity contribution in [2.75, 3.05) is 40.4 Å². The smallest absolute Gasteiger partial charge is 0.394 e. The summed E-state index contributed by atoms with van der Waals surface area (Å²) in [6, 6.07) is 15.9. The van der Waals surface area contributed by atoms with E-state index in [0.717, 1.165) is 83.5 Å². The number of fused-ring (bicyclic) bond motifs is 8. The summed E-state index contributed by atoms with van der Waals surface area (Å²) in [4.78, 5) is 13.7. The molecule has 6 aliphatic heterocycles. The van der Waals surface area contributed by atoms with E-state index in [-0.39, 0.29) is 17.6 Å². The largest absolute Gasteiger partial charge is 0.497 e. The van der Waals surface area contributed by atoms with Crippen LogP contribution in [0.5, 0.6) is 11.5 Å². The number of aliphatic hydroxyl groups excluding tert-OH is 2. The normalized spacial score (nSPS) is 28.0. The van der Waals surface area contributed by atoms with Gasteiger partial charge in [-0.1, -0.05) is 12.2 Å². The fourth-order valence-corrected chi connectivity index (χ4v) is 8.89. The number of aromatic nitrogens is 2. The minimum Gasteiger partial charge on any atom is -0.497 e. The lowest BCUT2D eigenvalue weighted by atomic mass is 9.73. The third-order valence-corrected chi connectivity index (χ3v) is 11.6. The Morgan fingerprint density at radius 1 is 0.741 bits per heavy atom. The molecule has 4 bridgehead atoms. The summed E-state index contributed by atoms with van der Waals surface area (Å²) in [5.74, 6) is 4.01. The van der Waals surface area contributed by atoms with E-state index in [4.69, 9.17) is 27.0 Å². The van der Waals surface area contributed by atoms with Crippen molar-refractivity contribution < 1.29 is 42.7 Å². The number of methoxy groups -OCH3 is 2. The minimum atomic E-state index is -4.67. The first-order valence-electron chi connectivity index (χ1n) is 18.1. The average molecular weight is 765 g/mol. The van der Waals surface area contributed by atoms with Crippen LogP contribution in [0.25, 0.3) is 21.8 Å². The summed E-state index contributed by atoms with van der Waals surface area (Å²) < 4.78 is 42.3. The molecule has 6 saturated heterocycles. The van der Waals surface area contributed by atoms with Crippen LogP contribution in [-0.4, -0.2) is 105 Å². The molecule has 2 aromatic heterocycles. The Balaban J connectivity index is 0.000000182. The van der Waals surface area contributed by atoms with E-state index in [2.05, 4.69) is 45.1 Å². The maximum Gasteiger partial charge on any atom is 0.394 e. The maximum absolute atomic E-state index is 11.2. The molecule has 10 rings (SSSR count). The lowest BCUT2D eigenvalue weighted by Gasteiger charge is -2.50. The molecule has 0 amide bonds. The molecule has 0 aliphatic carbocycles. The highest BCUT2D eigenvalue weighted by Crippen LogP contribution is 2.43. The molecule has 8 heterocycles. The van der Waals surface area contributed by atoms with Crippen molar-refractivity contribution in [2.24, 2.45) is 23.7 Å². The Morgan fingerprint density at radius 3 is 1.44 bits per heavy atom. The van der Waals surface area contributed by atoms with Gasteiger partial charge >= 0.3 is 10.4 Å². The molecular formula is C40H52N4O9S. The Labute approximate surface area is 316 Å². The second kappa shape index (κ2) is 17.6. The van der Waals surface area contributed by atoms with E-state index < -0.39 is 22.6 Å². The van der Waals surface area contributed by atoms with Crippen molar-refractivity contribution >= 4 is 32.2 Å². The van der Waals surface area contributed by atoms with Crippen molar-refractivity contribution in [2.45, 2.75) is 50.0 Å². The van der Waals surface area contributed by atoms with Crippen LogP contribution in [-0.2, 0) is 10.4 Å².